The zero-order chi connectivity index (χ0) is 27.9. The van der Waals surface area contributed by atoms with Gasteiger partial charge in [-0.3, -0.25) is 14.4 Å². The number of hydrogen-bond acceptors (Lipinski definition) is 9. The van der Waals surface area contributed by atoms with Crippen LogP contribution in [-0.4, -0.2) is 69.8 Å². The van der Waals surface area contributed by atoms with Gasteiger partial charge in [-0.05, 0) is 51.0 Å². The first-order valence-electron chi connectivity index (χ1n) is 13.4. The van der Waals surface area contributed by atoms with E-state index in [1.54, 1.807) is 6.92 Å². The molecule has 0 aromatic rings. The number of rotatable bonds is 6. The van der Waals surface area contributed by atoms with Crippen molar-refractivity contribution in [2.45, 2.75) is 122 Å². The van der Waals surface area contributed by atoms with Gasteiger partial charge >= 0.3 is 17.9 Å². The molecule has 3 aliphatic rings. The molecule has 2 N–H and O–H groups in total. The molecule has 37 heavy (non-hydrogen) atoms. The van der Waals surface area contributed by atoms with Crippen LogP contribution in [0.2, 0.25) is 0 Å². The van der Waals surface area contributed by atoms with E-state index in [2.05, 4.69) is 6.58 Å². The summed E-state index contributed by atoms with van der Waals surface area (Å²) in [4.78, 5) is 37.2. The molecule has 3 rings (SSSR count). The number of fused-ring (bicyclic) bond motifs is 5. The van der Waals surface area contributed by atoms with Crippen LogP contribution in [0.15, 0.2) is 12.2 Å². The Hall–Kier alpha value is -1.97. The van der Waals surface area contributed by atoms with Crippen molar-refractivity contribution in [2.75, 3.05) is 0 Å². The van der Waals surface area contributed by atoms with Crippen LogP contribution in [0, 0.1) is 23.7 Å². The summed E-state index contributed by atoms with van der Waals surface area (Å²) in [6, 6.07) is 0. The smallest absolute Gasteiger partial charge is 0.306 e. The van der Waals surface area contributed by atoms with Gasteiger partial charge in [0, 0.05) is 38.0 Å². The number of esters is 3. The van der Waals surface area contributed by atoms with Crippen LogP contribution in [0.25, 0.3) is 0 Å². The second kappa shape index (κ2) is 11.0. The van der Waals surface area contributed by atoms with Crippen LogP contribution in [0.3, 0.4) is 0 Å². The molecule has 0 amide bonds. The lowest BCUT2D eigenvalue weighted by Gasteiger charge is -2.55. The summed E-state index contributed by atoms with van der Waals surface area (Å²) in [7, 11) is 0. The molecule has 3 fully saturated rings. The highest BCUT2D eigenvalue weighted by atomic mass is 16.6. The summed E-state index contributed by atoms with van der Waals surface area (Å²) in [5.41, 5.74) is -2.20. The van der Waals surface area contributed by atoms with E-state index >= 15 is 0 Å². The molecule has 2 bridgehead atoms. The van der Waals surface area contributed by atoms with Crippen LogP contribution in [0.5, 0.6) is 0 Å². The summed E-state index contributed by atoms with van der Waals surface area (Å²) in [6.07, 6.45) is -2.34. The van der Waals surface area contributed by atoms with Crippen molar-refractivity contribution in [3.63, 3.8) is 0 Å². The molecule has 10 atom stereocenters. The van der Waals surface area contributed by atoms with E-state index in [0.29, 0.717) is 24.8 Å². The van der Waals surface area contributed by atoms with Gasteiger partial charge in [0.1, 0.15) is 23.4 Å². The van der Waals surface area contributed by atoms with Crippen molar-refractivity contribution in [1.29, 1.82) is 0 Å². The molecule has 2 aliphatic heterocycles. The summed E-state index contributed by atoms with van der Waals surface area (Å²) < 4.78 is 24.2. The third-order valence-corrected chi connectivity index (χ3v) is 8.48. The van der Waals surface area contributed by atoms with E-state index in [1.165, 1.54) is 13.8 Å². The van der Waals surface area contributed by atoms with Gasteiger partial charge in [0.25, 0.3) is 0 Å². The number of ether oxygens (including phenoxy) is 4. The van der Waals surface area contributed by atoms with E-state index < -0.39 is 65.5 Å². The molecular weight excluding hydrogens is 480 g/mol. The highest BCUT2D eigenvalue weighted by molar-refractivity contribution is 5.70. The second-order valence-electron chi connectivity index (χ2n) is 11.8. The Morgan fingerprint density at radius 3 is 2.32 bits per heavy atom. The Morgan fingerprint density at radius 1 is 1.16 bits per heavy atom. The molecule has 1 saturated carbocycles. The lowest BCUT2D eigenvalue weighted by atomic mass is 9.55. The molecule has 2 saturated heterocycles. The van der Waals surface area contributed by atoms with Crippen molar-refractivity contribution in [3.8, 4) is 0 Å². The van der Waals surface area contributed by atoms with E-state index in [-0.39, 0.29) is 30.6 Å². The van der Waals surface area contributed by atoms with Crippen LogP contribution >= 0.6 is 0 Å². The third-order valence-electron chi connectivity index (χ3n) is 8.48. The standard InChI is InChI=1S/C28H44O9/c1-9-10-20(32)37-27(7)12-11-18(31)15(4)13-19-23-22(25(27)36-19)21(14(2)3)24(34-16(5)29)26(28(23,8)33)35-17(6)30/h14,18-19,21-26,31,33H,4,9-13H2,1-3,5-8H3. The van der Waals surface area contributed by atoms with Crippen LogP contribution in [0.4, 0.5) is 0 Å². The minimum atomic E-state index is -1.65. The topological polar surface area (TPSA) is 129 Å². The number of aliphatic hydroxyl groups is 2. The zero-order valence-electron chi connectivity index (χ0n) is 23.2. The Kier molecular flexibility index (Phi) is 8.82. The third kappa shape index (κ3) is 5.73. The highest BCUT2D eigenvalue weighted by Gasteiger charge is 2.69. The predicted octanol–water partition coefficient (Wildman–Crippen LogP) is 3.09. The molecule has 10 unspecified atom stereocenters. The SMILES string of the molecule is C=C1CC2OC(C3C(C(C)C)C(OC(C)=O)C(OC(C)=O)C(C)(O)C23)C(C)(OC(=O)CCC)CCC1O. The minimum absolute atomic E-state index is 0.0665. The normalized spacial score (nSPS) is 41.7. The summed E-state index contributed by atoms with van der Waals surface area (Å²) in [6.45, 7) is 15.9. The summed E-state index contributed by atoms with van der Waals surface area (Å²) in [5.74, 6) is -2.94. The Morgan fingerprint density at radius 2 is 1.78 bits per heavy atom. The molecule has 9 heteroatoms. The van der Waals surface area contributed by atoms with Gasteiger partial charge in [-0.2, -0.15) is 0 Å². The fourth-order valence-corrected chi connectivity index (χ4v) is 6.99. The maximum atomic E-state index is 12.8. The van der Waals surface area contributed by atoms with Crippen molar-refractivity contribution in [1.82, 2.24) is 0 Å². The maximum Gasteiger partial charge on any atom is 0.306 e. The summed E-state index contributed by atoms with van der Waals surface area (Å²) in [5, 5.41) is 22.9. The molecule has 210 valence electrons. The minimum Gasteiger partial charge on any atom is -0.458 e. The van der Waals surface area contributed by atoms with Crippen molar-refractivity contribution in [2.24, 2.45) is 23.7 Å². The number of hydrogen-bond donors (Lipinski definition) is 2. The lowest BCUT2D eigenvalue weighted by Crippen LogP contribution is -2.68. The average Bonchev–Trinajstić information content (AvgIpc) is 3.15. The van der Waals surface area contributed by atoms with Gasteiger partial charge < -0.3 is 29.2 Å². The lowest BCUT2D eigenvalue weighted by molar-refractivity contribution is -0.240. The molecule has 2 heterocycles. The van der Waals surface area contributed by atoms with Gasteiger partial charge in [-0.25, -0.2) is 0 Å². The number of aliphatic hydroxyl groups excluding tert-OH is 1. The number of carbonyl (C=O) groups excluding carboxylic acids is 3. The van der Waals surface area contributed by atoms with Gasteiger partial charge in [0.15, 0.2) is 6.10 Å². The average molecular weight is 525 g/mol. The van der Waals surface area contributed by atoms with E-state index in [1.807, 2.05) is 27.7 Å². The fraction of sp³-hybridized carbons (Fsp3) is 0.821. The summed E-state index contributed by atoms with van der Waals surface area (Å²) >= 11 is 0. The van der Waals surface area contributed by atoms with Gasteiger partial charge in [-0.15, -0.1) is 0 Å². The van der Waals surface area contributed by atoms with Crippen LogP contribution in [0.1, 0.15) is 80.6 Å². The molecule has 0 spiro atoms. The number of carbonyl (C=O) groups is 3. The monoisotopic (exact) mass is 524 g/mol. The van der Waals surface area contributed by atoms with Gasteiger partial charge in [-0.1, -0.05) is 27.4 Å². The fourth-order valence-electron chi connectivity index (χ4n) is 6.99. The highest BCUT2D eigenvalue weighted by Crippen LogP contribution is 2.58. The molecular formula is C28H44O9. The predicted molar refractivity (Wildman–Crippen MR) is 134 cm³/mol. The molecule has 1 aliphatic carbocycles. The quantitative estimate of drug-likeness (QED) is 0.306. The van der Waals surface area contributed by atoms with Crippen molar-refractivity contribution in [3.05, 3.63) is 12.2 Å². The largest absolute Gasteiger partial charge is 0.458 e. The van der Waals surface area contributed by atoms with E-state index in [0.717, 1.165) is 0 Å². The zero-order valence-corrected chi connectivity index (χ0v) is 23.2. The first-order valence-corrected chi connectivity index (χ1v) is 13.4. The Balaban J connectivity index is 2.21. The van der Waals surface area contributed by atoms with E-state index in [4.69, 9.17) is 18.9 Å². The van der Waals surface area contributed by atoms with E-state index in [9.17, 15) is 24.6 Å². The molecule has 0 aromatic carbocycles. The molecule has 9 nitrogen and oxygen atoms in total. The van der Waals surface area contributed by atoms with Gasteiger partial charge in [0.05, 0.1) is 12.2 Å². The Labute approximate surface area is 219 Å². The first kappa shape index (κ1) is 29.6. The van der Waals surface area contributed by atoms with Gasteiger partial charge in [0.2, 0.25) is 0 Å². The first-order chi connectivity index (χ1) is 17.1. The van der Waals surface area contributed by atoms with Crippen LogP contribution < -0.4 is 0 Å². The Bertz CT molecular complexity index is 896. The van der Waals surface area contributed by atoms with Crippen molar-refractivity contribution < 1.29 is 43.5 Å². The van der Waals surface area contributed by atoms with Crippen LogP contribution in [-0.2, 0) is 33.3 Å². The second-order valence-corrected chi connectivity index (χ2v) is 11.8. The molecule has 0 radical (unpaired) electrons. The molecule has 0 aromatic heterocycles. The van der Waals surface area contributed by atoms with Crippen molar-refractivity contribution >= 4 is 17.9 Å². The maximum absolute atomic E-state index is 12.8.